The molecule has 0 amide bonds. The summed E-state index contributed by atoms with van der Waals surface area (Å²) in [5, 5.41) is 0. The Morgan fingerprint density at radius 2 is 1.68 bits per heavy atom. The number of anilines is 2. The standard InChI is InChI=1S/C17H18N2/c1-13(2)19(17-7-5-6-14(3)12-17)16-10-8-15(18-4)9-11-16/h5-13H,1-3H3. The minimum absolute atomic E-state index is 0.362. The molecule has 0 aliphatic rings. The van der Waals surface area contributed by atoms with Gasteiger partial charge in [-0.25, -0.2) is 4.85 Å². The summed E-state index contributed by atoms with van der Waals surface area (Å²) in [5.41, 5.74) is 4.23. The molecule has 0 bridgehead atoms. The fourth-order valence-corrected chi connectivity index (χ4v) is 2.21. The van der Waals surface area contributed by atoms with Gasteiger partial charge in [0.1, 0.15) is 0 Å². The van der Waals surface area contributed by atoms with Gasteiger partial charge < -0.3 is 4.90 Å². The lowest BCUT2D eigenvalue weighted by molar-refractivity contribution is 0.788. The highest BCUT2D eigenvalue weighted by atomic mass is 15.2. The van der Waals surface area contributed by atoms with Gasteiger partial charge in [0.25, 0.3) is 0 Å². The highest BCUT2D eigenvalue weighted by Gasteiger charge is 2.12. The lowest BCUT2D eigenvalue weighted by Crippen LogP contribution is -2.25. The summed E-state index contributed by atoms with van der Waals surface area (Å²) in [7, 11) is 0. The van der Waals surface area contributed by atoms with E-state index in [4.69, 9.17) is 6.57 Å². The Kier molecular flexibility index (Phi) is 3.87. The maximum absolute atomic E-state index is 7.01. The molecule has 0 spiro atoms. The second-order valence-electron chi connectivity index (χ2n) is 4.93. The van der Waals surface area contributed by atoms with Crippen LogP contribution in [0.25, 0.3) is 4.85 Å². The topological polar surface area (TPSA) is 7.60 Å². The normalized spacial score (nSPS) is 10.3. The highest BCUT2D eigenvalue weighted by molar-refractivity contribution is 5.66. The molecule has 2 aromatic rings. The second-order valence-corrected chi connectivity index (χ2v) is 4.93. The fourth-order valence-electron chi connectivity index (χ4n) is 2.21. The molecular formula is C17H18N2. The van der Waals surface area contributed by atoms with Gasteiger partial charge in [-0.3, -0.25) is 0 Å². The molecule has 96 valence electrons. The Balaban J connectivity index is 2.43. The number of aryl methyl sites for hydroxylation is 1. The van der Waals surface area contributed by atoms with E-state index in [9.17, 15) is 0 Å². The van der Waals surface area contributed by atoms with Crippen molar-refractivity contribution >= 4 is 17.1 Å². The summed E-state index contributed by atoms with van der Waals surface area (Å²) < 4.78 is 0. The molecule has 0 fully saturated rings. The summed E-state index contributed by atoms with van der Waals surface area (Å²) in [5.74, 6) is 0. The van der Waals surface area contributed by atoms with E-state index in [1.807, 2.05) is 24.3 Å². The first kappa shape index (κ1) is 13.2. The first-order valence-corrected chi connectivity index (χ1v) is 6.45. The third-order valence-corrected chi connectivity index (χ3v) is 3.05. The maximum atomic E-state index is 7.01. The Morgan fingerprint density at radius 3 is 2.21 bits per heavy atom. The molecule has 0 radical (unpaired) electrons. The zero-order chi connectivity index (χ0) is 13.8. The van der Waals surface area contributed by atoms with E-state index >= 15 is 0 Å². The SMILES string of the molecule is [C-]#[N+]c1ccc(N(c2cccc(C)c2)C(C)C)cc1. The van der Waals surface area contributed by atoms with Gasteiger partial charge in [0, 0.05) is 17.4 Å². The zero-order valence-corrected chi connectivity index (χ0v) is 11.6. The monoisotopic (exact) mass is 250 g/mol. The smallest absolute Gasteiger partial charge is 0.187 e. The number of hydrogen-bond donors (Lipinski definition) is 0. The van der Waals surface area contributed by atoms with Gasteiger partial charge in [0.15, 0.2) is 5.69 Å². The van der Waals surface area contributed by atoms with Crippen molar-refractivity contribution in [3.8, 4) is 0 Å². The van der Waals surface area contributed by atoms with Gasteiger partial charge >= 0.3 is 0 Å². The number of nitrogens with zero attached hydrogens (tertiary/aromatic N) is 2. The van der Waals surface area contributed by atoms with E-state index in [1.54, 1.807) is 0 Å². The largest absolute Gasteiger partial charge is 0.339 e. The predicted octanol–water partition coefficient (Wildman–Crippen LogP) is 5.09. The summed E-state index contributed by atoms with van der Waals surface area (Å²) >= 11 is 0. The summed E-state index contributed by atoms with van der Waals surface area (Å²) in [6.07, 6.45) is 0. The third kappa shape index (κ3) is 2.95. The quantitative estimate of drug-likeness (QED) is 0.688. The maximum Gasteiger partial charge on any atom is 0.187 e. The molecule has 0 unspecified atom stereocenters. The Hall–Kier alpha value is -2.27. The summed E-state index contributed by atoms with van der Waals surface area (Å²) in [6, 6.07) is 16.6. The average Bonchev–Trinajstić information content (AvgIpc) is 2.39. The van der Waals surface area contributed by atoms with Gasteiger partial charge in [-0.1, -0.05) is 24.3 Å². The molecule has 0 heterocycles. The van der Waals surface area contributed by atoms with Gasteiger partial charge in [-0.05, 0) is 50.6 Å². The highest BCUT2D eigenvalue weighted by Crippen LogP contribution is 2.29. The van der Waals surface area contributed by atoms with Crippen molar-refractivity contribution in [1.29, 1.82) is 0 Å². The van der Waals surface area contributed by atoms with Gasteiger partial charge in [-0.15, -0.1) is 0 Å². The number of hydrogen-bond acceptors (Lipinski definition) is 1. The molecule has 2 nitrogen and oxygen atoms in total. The number of benzene rings is 2. The van der Waals surface area contributed by atoms with Crippen LogP contribution in [0.1, 0.15) is 19.4 Å². The molecule has 0 aromatic heterocycles. The second kappa shape index (κ2) is 5.58. The molecule has 2 aromatic carbocycles. The first-order valence-electron chi connectivity index (χ1n) is 6.45. The van der Waals surface area contributed by atoms with Crippen LogP contribution in [0.2, 0.25) is 0 Å². The molecule has 0 aliphatic heterocycles. The Labute approximate surface area is 115 Å². The predicted molar refractivity (Wildman–Crippen MR) is 81.2 cm³/mol. The minimum atomic E-state index is 0.362. The van der Waals surface area contributed by atoms with Crippen molar-refractivity contribution in [3.05, 3.63) is 65.5 Å². The molecule has 0 saturated heterocycles. The molecule has 0 saturated carbocycles. The third-order valence-electron chi connectivity index (χ3n) is 3.05. The van der Waals surface area contributed by atoms with Crippen LogP contribution >= 0.6 is 0 Å². The Bertz CT molecular complexity index is 591. The average molecular weight is 250 g/mol. The van der Waals surface area contributed by atoms with Crippen LogP contribution in [-0.2, 0) is 0 Å². The van der Waals surface area contributed by atoms with Crippen LogP contribution < -0.4 is 4.90 Å². The van der Waals surface area contributed by atoms with Crippen LogP contribution in [0.5, 0.6) is 0 Å². The van der Waals surface area contributed by atoms with Gasteiger partial charge in [0.05, 0.1) is 6.57 Å². The molecule has 0 N–H and O–H groups in total. The Morgan fingerprint density at radius 1 is 1.00 bits per heavy atom. The van der Waals surface area contributed by atoms with Crippen molar-refractivity contribution in [2.75, 3.05) is 4.90 Å². The van der Waals surface area contributed by atoms with E-state index in [1.165, 1.54) is 11.3 Å². The van der Waals surface area contributed by atoms with E-state index in [0.717, 1.165) is 5.69 Å². The van der Waals surface area contributed by atoms with Crippen molar-refractivity contribution < 1.29 is 0 Å². The number of rotatable bonds is 3. The zero-order valence-electron chi connectivity index (χ0n) is 11.6. The molecule has 2 heteroatoms. The molecule has 2 rings (SSSR count). The van der Waals surface area contributed by atoms with Crippen LogP contribution in [0.4, 0.5) is 17.1 Å². The van der Waals surface area contributed by atoms with Crippen molar-refractivity contribution in [1.82, 2.24) is 0 Å². The fraction of sp³-hybridized carbons (Fsp3) is 0.235. The van der Waals surface area contributed by atoms with E-state index in [0.29, 0.717) is 11.7 Å². The summed E-state index contributed by atoms with van der Waals surface area (Å²) in [4.78, 5) is 5.71. The van der Waals surface area contributed by atoms with Crippen LogP contribution in [0, 0.1) is 13.5 Å². The van der Waals surface area contributed by atoms with Crippen LogP contribution in [-0.4, -0.2) is 6.04 Å². The van der Waals surface area contributed by atoms with E-state index in [-0.39, 0.29) is 0 Å². The van der Waals surface area contributed by atoms with Crippen molar-refractivity contribution in [3.63, 3.8) is 0 Å². The van der Waals surface area contributed by atoms with Crippen molar-refractivity contribution in [2.45, 2.75) is 26.8 Å². The lowest BCUT2D eigenvalue weighted by atomic mass is 10.1. The first-order chi connectivity index (χ1) is 9.11. The lowest BCUT2D eigenvalue weighted by Gasteiger charge is -2.29. The van der Waals surface area contributed by atoms with E-state index in [2.05, 4.69) is 54.8 Å². The molecule has 19 heavy (non-hydrogen) atoms. The molecule has 0 aliphatic carbocycles. The van der Waals surface area contributed by atoms with Gasteiger partial charge in [0.2, 0.25) is 0 Å². The van der Waals surface area contributed by atoms with Crippen LogP contribution in [0.15, 0.2) is 48.5 Å². The minimum Gasteiger partial charge on any atom is -0.339 e. The van der Waals surface area contributed by atoms with Crippen LogP contribution in [0.3, 0.4) is 0 Å². The van der Waals surface area contributed by atoms with Crippen molar-refractivity contribution in [2.24, 2.45) is 0 Å². The summed E-state index contributed by atoms with van der Waals surface area (Å²) in [6.45, 7) is 13.5. The molecular weight excluding hydrogens is 232 g/mol. The van der Waals surface area contributed by atoms with Gasteiger partial charge in [-0.2, -0.15) is 0 Å². The molecule has 0 atom stereocenters. The van der Waals surface area contributed by atoms with E-state index < -0.39 is 0 Å².